The fourth-order valence-electron chi connectivity index (χ4n) is 5.91. The minimum atomic E-state index is -0.773. The van der Waals surface area contributed by atoms with Gasteiger partial charge in [0.2, 0.25) is 5.95 Å². The van der Waals surface area contributed by atoms with Gasteiger partial charge in [0.25, 0.3) is 5.91 Å². The molecule has 0 atom stereocenters. The molecule has 0 spiro atoms. The first-order valence-electron chi connectivity index (χ1n) is 14.3. The third-order valence-electron chi connectivity index (χ3n) is 8.28. The number of pyridine rings is 2. The zero-order chi connectivity index (χ0) is 29.3. The number of aromatic nitrogens is 4. The van der Waals surface area contributed by atoms with Gasteiger partial charge in [-0.3, -0.25) is 25.0 Å². The van der Waals surface area contributed by atoms with Gasteiger partial charge in [0.15, 0.2) is 5.82 Å². The molecule has 42 heavy (non-hydrogen) atoms. The van der Waals surface area contributed by atoms with E-state index in [9.17, 15) is 9.90 Å². The third-order valence-corrected chi connectivity index (χ3v) is 8.28. The Morgan fingerprint density at radius 1 is 1.19 bits per heavy atom. The predicted molar refractivity (Wildman–Crippen MR) is 156 cm³/mol. The maximum absolute atomic E-state index is 15.8. The van der Waals surface area contributed by atoms with E-state index in [1.807, 2.05) is 17.6 Å². The zero-order valence-corrected chi connectivity index (χ0v) is 23.8. The maximum Gasteiger partial charge on any atom is 0.261 e. The van der Waals surface area contributed by atoms with Gasteiger partial charge in [-0.15, -0.1) is 0 Å². The van der Waals surface area contributed by atoms with Crippen molar-refractivity contribution in [1.82, 2.24) is 24.4 Å². The second-order valence-corrected chi connectivity index (χ2v) is 11.3. The minimum Gasteiger partial charge on any atom is -0.496 e. The van der Waals surface area contributed by atoms with Crippen LogP contribution in [0.25, 0.3) is 22.3 Å². The average Bonchev–Trinajstić information content (AvgIpc) is 3.34. The van der Waals surface area contributed by atoms with Crippen LogP contribution in [0.4, 0.5) is 10.3 Å². The van der Waals surface area contributed by atoms with Crippen molar-refractivity contribution in [2.24, 2.45) is 0 Å². The number of imidazole rings is 1. The van der Waals surface area contributed by atoms with E-state index in [-0.39, 0.29) is 17.3 Å². The number of benzene rings is 1. The lowest BCUT2D eigenvalue weighted by molar-refractivity contribution is 0.0106. The molecule has 0 radical (unpaired) electrons. The van der Waals surface area contributed by atoms with Gasteiger partial charge in [0, 0.05) is 44.3 Å². The Morgan fingerprint density at radius 2 is 1.98 bits per heavy atom. The van der Waals surface area contributed by atoms with Crippen LogP contribution in [0.15, 0.2) is 48.9 Å². The van der Waals surface area contributed by atoms with Crippen molar-refractivity contribution >= 4 is 22.9 Å². The largest absolute Gasteiger partial charge is 0.496 e. The summed E-state index contributed by atoms with van der Waals surface area (Å²) in [5.74, 6) is -0.656. The number of fused-ring (bicyclic) bond motifs is 1. The summed E-state index contributed by atoms with van der Waals surface area (Å²) < 4.78 is 28.6. The highest BCUT2D eigenvalue weighted by Gasteiger charge is 2.32. The van der Waals surface area contributed by atoms with Crippen LogP contribution in [0.2, 0.25) is 0 Å². The Kier molecular flexibility index (Phi) is 7.89. The van der Waals surface area contributed by atoms with Gasteiger partial charge in [0.05, 0.1) is 48.1 Å². The monoisotopic (exact) mass is 574 g/mol. The molecule has 220 valence electrons. The first-order chi connectivity index (χ1) is 20.3. The highest BCUT2D eigenvalue weighted by atomic mass is 19.1. The molecule has 11 heteroatoms. The van der Waals surface area contributed by atoms with Crippen LogP contribution in [-0.4, -0.2) is 74.4 Å². The molecule has 0 bridgehead atoms. The number of rotatable bonds is 7. The highest BCUT2D eigenvalue weighted by molar-refractivity contribution is 6.05. The van der Waals surface area contributed by atoms with Gasteiger partial charge in [-0.1, -0.05) is 6.07 Å². The number of nitrogens with one attached hydrogen (secondary N) is 1. The molecule has 1 amide bonds. The normalized spacial score (nSPS) is 21.4. The number of nitrogens with zero attached hydrogens (tertiary/aromatic N) is 5. The summed E-state index contributed by atoms with van der Waals surface area (Å²) in [6.07, 6.45) is 7.11. The molecular weight excluding hydrogens is 539 g/mol. The second-order valence-electron chi connectivity index (χ2n) is 11.3. The van der Waals surface area contributed by atoms with Crippen molar-refractivity contribution in [3.05, 3.63) is 65.9 Å². The van der Waals surface area contributed by atoms with Gasteiger partial charge in [-0.05, 0) is 62.4 Å². The van der Waals surface area contributed by atoms with Crippen LogP contribution in [0.1, 0.15) is 54.6 Å². The average molecular weight is 575 g/mol. The zero-order valence-electron chi connectivity index (χ0n) is 23.8. The third kappa shape index (κ3) is 5.72. The smallest absolute Gasteiger partial charge is 0.261 e. The lowest BCUT2D eigenvalue weighted by Crippen LogP contribution is -2.35. The summed E-state index contributed by atoms with van der Waals surface area (Å²) >= 11 is 0. The van der Waals surface area contributed by atoms with Gasteiger partial charge >= 0.3 is 0 Å². The summed E-state index contributed by atoms with van der Waals surface area (Å²) in [7, 11) is 1.48. The van der Waals surface area contributed by atoms with Crippen LogP contribution in [-0.2, 0) is 11.3 Å². The number of amides is 1. The number of hydrogen-bond acceptors (Lipinski definition) is 8. The fraction of sp³-hybridized carbons (Fsp3) is 0.419. The summed E-state index contributed by atoms with van der Waals surface area (Å²) in [5, 5.41) is 13.5. The van der Waals surface area contributed by atoms with E-state index in [0.29, 0.717) is 30.1 Å². The Labute approximate surface area is 243 Å². The van der Waals surface area contributed by atoms with Crippen molar-refractivity contribution < 1.29 is 23.8 Å². The first-order valence-corrected chi connectivity index (χ1v) is 14.3. The van der Waals surface area contributed by atoms with Crippen LogP contribution in [0.5, 0.6) is 5.75 Å². The topological polar surface area (TPSA) is 115 Å². The number of carbonyl (C=O) groups excluding carboxylic acids is 1. The van der Waals surface area contributed by atoms with E-state index < -0.39 is 17.3 Å². The van der Waals surface area contributed by atoms with Crippen molar-refractivity contribution in [3.63, 3.8) is 0 Å². The molecular formula is C31H35FN6O4. The van der Waals surface area contributed by atoms with E-state index in [4.69, 9.17) is 14.5 Å². The molecule has 6 rings (SSSR count). The molecule has 10 nitrogen and oxygen atoms in total. The van der Waals surface area contributed by atoms with Crippen LogP contribution in [0.3, 0.4) is 0 Å². The van der Waals surface area contributed by atoms with E-state index in [1.54, 1.807) is 6.07 Å². The van der Waals surface area contributed by atoms with Crippen molar-refractivity contribution in [3.8, 4) is 17.0 Å². The van der Waals surface area contributed by atoms with Gasteiger partial charge in [-0.2, -0.15) is 0 Å². The number of hydrogen-bond donors (Lipinski definition) is 2. The van der Waals surface area contributed by atoms with Crippen LogP contribution >= 0.6 is 0 Å². The lowest BCUT2D eigenvalue weighted by Gasteiger charge is -2.34. The standard InChI is InChI=1S/C31H35FN6O4/c1-31(40)9-5-21(6-10-31)38-25-4-3-20(19-37-13-15-42-16-14-37)17-24(25)35-30(38)36-29(39)22-7-12-34-28(27(22)32)23-18-33-11-8-26(23)41-2/h3-4,7-8,11-12,17-18,21,40H,5-6,9-10,13-16,19H2,1-2H3,(H,35,36,39)/t21-,31+. The molecule has 2 fully saturated rings. The van der Waals surface area contributed by atoms with E-state index in [0.717, 1.165) is 62.3 Å². The summed E-state index contributed by atoms with van der Waals surface area (Å²) in [6.45, 7) is 5.83. The quantitative estimate of drug-likeness (QED) is 0.330. The molecule has 4 aromatic rings. The Morgan fingerprint density at radius 3 is 2.74 bits per heavy atom. The predicted octanol–water partition coefficient (Wildman–Crippen LogP) is 4.59. The molecule has 3 aromatic heterocycles. The lowest BCUT2D eigenvalue weighted by atomic mass is 9.83. The Balaban J connectivity index is 1.34. The molecule has 1 saturated heterocycles. The molecule has 1 aliphatic carbocycles. The van der Waals surface area contributed by atoms with Gasteiger partial charge in [-0.25, -0.2) is 9.37 Å². The number of halogens is 1. The molecule has 2 aliphatic rings. The van der Waals surface area contributed by atoms with E-state index >= 15 is 4.39 Å². The van der Waals surface area contributed by atoms with E-state index in [2.05, 4.69) is 32.3 Å². The highest BCUT2D eigenvalue weighted by Crippen LogP contribution is 2.39. The van der Waals surface area contributed by atoms with Crippen molar-refractivity contribution in [2.45, 2.75) is 50.8 Å². The van der Waals surface area contributed by atoms with E-state index in [1.165, 1.54) is 31.8 Å². The second kappa shape index (κ2) is 11.7. The SMILES string of the molecule is COc1ccncc1-c1nccc(C(=O)Nc2nc3cc(CN4CCOCC4)ccc3n2[C@H]2CC[C@@](C)(O)CC2)c1F. The van der Waals surface area contributed by atoms with Crippen molar-refractivity contribution in [2.75, 3.05) is 38.7 Å². The summed E-state index contributed by atoms with van der Waals surface area (Å²) in [6, 6.07) is 9.17. The Bertz CT molecular complexity index is 1590. The fourth-order valence-corrected chi connectivity index (χ4v) is 5.91. The van der Waals surface area contributed by atoms with Crippen LogP contribution in [0, 0.1) is 5.82 Å². The number of morpholine rings is 1. The number of anilines is 1. The minimum absolute atomic E-state index is 0.0214. The summed E-state index contributed by atoms with van der Waals surface area (Å²) in [5.41, 5.74) is 2.21. The number of carbonyl (C=O) groups is 1. The maximum atomic E-state index is 15.8. The number of methoxy groups -OCH3 is 1. The van der Waals surface area contributed by atoms with Crippen LogP contribution < -0.4 is 10.1 Å². The molecule has 1 aliphatic heterocycles. The molecule has 0 unspecified atom stereocenters. The van der Waals surface area contributed by atoms with Gasteiger partial charge in [0.1, 0.15) is 11.4 Å². The molecule has 1 aromatic carbocycles. The first kappa shape index (κ1) is 28.2. The number of aliphatic hydroxyl groups is 1. The Hall–Kier alpha value is -3.93. The van der Waals surface area contributed by atoms with Gasteiger partial charge < -0.3 is 19.1 Å². The summed E-state index contributed by atoms with van der Waals surface area (Å²) in [4.78, 5) is 29.0. The molecule has 4 heterocycles. The number of ether oxygens (including phenoxy) is 2. The molecule has 1 saturated carbocycles. The molecule has 2 N–H and O–H groups in total. The van der Waals surface area contributed by atoms with Crippen molar-refractivity contribution in [1.29, 1.82) is 0 Å².